The number of alkyl halides is 1. The summed E-state index contributed by atoms with van der Waals surface area (Å²) in [6.07, 6.45) is 1.99. The first-order chi connectivity index (χ1) is 16.4. The van der Waals surface area contributed by atoms with Crippen molar-refractivity contribution in [1.29, 1.82) is 0 Å². The van der Waals surface area contributed by atoms with Gasteiger partial charge in [-0.2, -0.15) is 0 Å². The molecule has 3 saturated carbocycles. The van der Waals surface area contributed by atoms with E-state index in [4.69, 9.17) is 14.2 Å². The molecule has 0 heterocycles. The number of fused-ring (bicyclic) bond motifs is 5. The summed E-state index contributed by atoms with van der Waals surface area (Å²) >= 11 is 0. The number of aliphatic hydroxyl groups excluding tert-OH is 1. The van der Waals surface area contributed by atoms with E-state index >= 15 is 4.39 Å². The largest absolute Gasteiger partial charge is 0.509 e. The minimum absolute atomic E-state index is 0.0862. The molecule has 35 heavy (non-hydrogen) atoms. The van der Waals surface area contributed by atoms with Crippen LogP contribution in [0.25, 0.3) is 0 Å². The van der Waals surface area contributed by atoms with E-state index in [-0.39, 0.29) is 49.2 Å². The van der Waals surface area contributed by atoms with E-state index in [2.05, 4.69) is 0 Å². The third kappa shape index (κ3) is 3.74. The van der Waals surface area contributed by atoms with Crippen molar-refractivity contribution in [3.63, 3.8) is 0 Å². The molecule has 0 bridgehead atoms. The van der Waals surface area contributed by atoms with Gasteiger partial charge in [0.25, 0.3) is 0 Å². The molecule has 3 fully saturated rings. The molecule has 4 rings (SSSR count). The molecule has 4 aliphatic carbocycles. The van der Waals surface area contributed by atoms with E-state index in [0.717, 1.165) is 7.11 Å². The van der Waals surface area contributed by atoms with Crippen molar-refractivity contribution in [3.8, 4) is 0 Å². The smallest absolute Gasteiger partial charge is 0.457 e. The Morgan fingerprint density at radius 1 is 1.26 bits per heavy atom. The zero-order chi connectivity index (χ0) is 25.8. The lowest BCUT2D eigenvalue weighted by molar-refractivity contribution is -0.187. The van der Waals surface area contributed by atoms with Gasteiger partial charge < -0.3 is 19.3 Å². The van der Waals surface area contributed by atoms with Crippen LogP contribution in [0.5, 0.6) is 0 Å². The molecule has 9 heteroatoms. The maximum absolute atomic E-state index is 15.5. The van der Waals surface area contributed by atoms with Gasteiger partial charge >= 0.3 is 12.1 Å². The Morgan fingerprint density at radius 3 is 2.63 bits per heavy atom. The number of carbonyl (C=O) groups is 4. The summed E-state index contributed by atoms with van der Waals surface area (Å²) in [6, 6.07) is 0. The van der Waals surface area contributed by atoms with Crippen molar-refractivity contribution in [2.45, 2.75) is 70.8 Å². The molecule has 8 nitrogen and oxygen atoms in total. The summed E-state index contributed by atoms with van der Waals surface area (Å²) in [4.78, 5) is 49.5. The molecule has 0 aromatic heterocycles. The second-order valence-electron chi connectivity index (χ2n) is 10.7. The summed E-state index contributed by atoms with van der Waals surface area (Å²) < 4.78 is 31.0. The van der Waals surface area contributed by atoms with Gasteiger partial charge in [0.1, 0.15) is 6.17 Å². The van der Waals surface area contributed by atoms with Crippen LogP contribution in [0.4, 0.5) is 9.18 Å². The number of allylic oxidation sites excluding steroid dienone is 4. The van der Waals surface area contributed by atoms with Crippen LogP contribution in [0.2, 0.25) is 0 Å². The van der Waals surface area contributed by atoms with E-state index in [9.17, 15) is 24.3 Å². The molecule has 8 atom stereocenters. The highest BCUT2D eigenvalue weighted by molar-refractivity contribution is 6.01. The van der Waals surface area contributed by atoms with Crippen molar-refractivity contribution in [1.82, 2.24) is 0 Å². The highest BCUT2D eigenvalue weighted by Crippen LogP contribution is 2.68. The molecule has 0 aliphatic heterocycles. The Hall–Kier alpha value is -2.55. The number of hydrogen-bond donors (Lipinski definition) is 1. The van der Waals surface area contributed by atoms with E-state index in [1.807, 2.05) is 6.92 Å². The zero-order valence-electron chi connectivity index (χ0n) is 20.5. The van der Waals surface area contributed by atoms with Crippen LogP contribution in [0.1, 0.15) is 52.9 Å². The molecule has 0 aromatic carbocycles. The third-order valence-corrected chi connectivity index (χ3v) is 9.12. The summed E-state index contributed by atoms with van der Waals surface area (Å²) in [5.41, 5.74) is -3.19. The van der Waals surface area contributed by atoms with Gasteiger partial charge in [-0.1, -0.05) is 26.8 Å². The number of ketones is 2. The summed E-state index contributed by atoms with van der Waals surface area (Å²) in [7, 11) is 1.14. The highest BCUT2D eigenvalue weighted by atomic mass is 19.1. The minimum Gasteiger partial charge on any atom is -0.457 e. The maximum atomic E-state index is 15.5. The molecule has 0 spiro atoms. The van der Waals surface area contributed by atoms with Crippen LogP contribution >= 0.6 is 0 Å². The van der Waals surface area contributed by atoms with Crippen molar-refractivity contribution in [2.75, 3.05) is 13.7 Å². The topological polar surface area (TPSA) is 116 Å². The lowest BCUT2D eigenvalue weighted by atomic mass is 9.46. The Morgan fingerprint density at radius 2 is 1.97 bits per heavy atom. The third-order valence-electron chi connectivity index (χ3n) is 9.12. The predicted octanol–water partition coefficient (Wildman–Crippen LogP) is 3.26. The molecule has 1 N–H and O–H groups in total. The van der Waals surface area contributed by atoms with Crippen LogP contribution < -0.4 is 0 Å². The van der Waals surface area contributed by atoms with Crippen LogP contribution in [-0.4, -0.2) is 60.4 Å². The van der Waals surface area contributed by atoms with Gasteiger partial charge in [-0.05, 0) is 55.2 Å². The molecular weight excluding hydrogens is 459 g/mol. The first-order valence-electron chi connectivity index (χ1n) is 12.2. The maximum Gasteiger partial charge on any atom is 0.509 e. The van der Waals surface area contributed by atoms with E-state index < -0.39 is 53.2 Å². The average molecular weight is 493 g/mol. The Labute approximate surface area is 203 Å². The minimum atomic E-state index is -1.69. The lowest BCUT2D eigenvalue weighted by Crippen LogP contribution is -2.64. The van der Waals surface area contributed by atoms with Gasteiger partial charge in [0.15, 0.2) is 18.0 Å². The Balaban J connectivity index is 1.74. The van der Waals surface area contributed by atoms with E-state index in [1.165, 1.54) is 12.2 Å². The van der Waals surface area contributed by atoms with Crippen molar-refractivity contribution >= 4 is 23.7 Å². The van der Waals surface area contributed by atoms with Crippen LogP contribution in [0, 0.1) is 28.6 Å². The number of halogens is 1. The van der Waals surface area contributed by atoms with Gasteiger partial charge in [0.05, 0.1) is 13.2 Å². The fraction of sp³-hybridized carbons (Fsp3) is 0.692. The van der Waals surface area contributed by atoms with Crippen molar-refractivity contribution in [2.24, 2.45) is 28.6 Å². The number of aliphatic hydroxyl groups is 1. The SMILES string of the molecule is CCC(=O)OCC(=O)[C@@]1(OC(=O)OC)CC[C@H]2[C@@H]3C[C@H](F)C4=CC(=O)C=C[C@]4(C)[C@H]3C(O)C[C@@]21C. The fourth-order valence-corrected chi connectivity index (χ4v) is 7.55. The molecule has 0 radical (unpaired) electrons. The summed E-state index contributed by atoms with van der Waals surface area (Å²) in [5, 5.41) is 11.5. The highest BCUT2D eigenvalue weighted by Gasteiger charge is 2.71. The second kappa shape index (κ2) is 8.84. The predicted molar refractivity (Wildman–Crippen MR) is 121 cm³/mol. The first kappa shape index (κ1) is 25.5. The van der Waals surface area contributed by atoms with Crippen molar-refractivity contribution in [3.05, 3.63) is 23.8 Å². The van der Waals surface area contributed by atoms with Gasteiger partial charge in [0.2, 0.25) is 5.78 Å². The summed E-state index contributed by atoms with van der Waals surface area (Å²) in [6.45, 7) is 4.66. The lowest BCUT2D eigenvalue weighted by Gasteiger charge is -2.60. The Kier molecular flexibility index (Phi) is 6.45. The number of rotatable bonds is 5. The van der Waals surface area contributed by atoms with Gasteiger partial charge in [0, 0.05) is 23.2 Å². The quantitative estimate of drug-likeness (QED) is 0.582. The van der Waals surface area contributed by atoms with E-state index in [0.29, 0.717) is 12.0 Å². The van der Waals surface area contributed by atoms with Gasteiger partial charge in [-0.15, -0.1) is 0 Å². The molecular formula is C26H33FO8. The number of carbonyl (C=O) groups excluding carboxylic acids is 4. The van der Waals surface area contributed by atoms with E-state index in [1.54, 1.807) is 19.9 Å². The number of hydrogen-bond acceptors (Lipinski definition) is 8. The van der Waals surface area contributed by atoms with Crippen LogP contribution in [0.15, 0.2) is 23.8 Å². The van der Waals surface area contributed by atoms with Crippen molar-refractivity contribution < 1.29 is 42.9 Å². The Bertz CT molecular complexity index is 1000. The normalized spacial score (nSPS) is 41.7. The summed E-state index contributed by atoms with van der Waals surface area (Å²) in [5.74, 6) is -2.37. The molecule has 4 aliphatic rings. The average Bonchev–Trinajstić information content (AvgIpc) is 3.10. The van der Waals surface area contributed by atoms with Crippen LogP contribution in [0.3, 0.4) is 0 Å². The first-order valence-corrected chi connectivity index (χ1v) is 12.2. The second-order valence-corrected chi connectivity index (χ2v) is 10.7. The number of ether oxygens (including phenoxy) is 3. The molecule has 0 amide bonds. The standard InChI is InChI=1S/C26H33FO8/c1-5-21(31)34-13-20(30)26(35-23(32)33-4)9-7-16-15-11-18(27)17-10-14(28)6-8-24(17,2)22(15)19(29)12-25(16,26)3/h6,8,10,15-16,18-19,22,29H,5,7,9,11-13H2,1-4H3/t15-,16-,18-,19?,22+,24-,25-,26-/m0/s1. The molecule has 1 unspecified atom stereocenters. The number of esters is 1. The van der Waals surface area contributed by atoms with Crippen LogP contribution in [-0.2, 0) is 28.6 Å². The van der Waals surface area contributed by atoms with Gasteiger partial charge in [-0.25, -0.2) is 9.18 Å². The molecule has 192 valence electrons. The number of methoxy groups -OCH3 is 1. The zero-order valence-corrected chi connectivity index (χ0v) is 20.5. The monoisotopic (exact) mass is 492 g/mol. The molecule has 0 aromatic rings. The number of Topliss-reactive ketones (excluding diaryl/α,β-unsaturated/α-hetero) is 1. The fourth-order valence-electron chi connectivity index (χ4n) is 7.55. The van der Waals surface area contributed by atoms with Gasteiger partial charge in [-0.3, -0.25) is 14.4 Å². The molecule has 0 saturated heterocycles.